The summed E-state index contributed by atoms with van der Waals surface area (Å²) in [5.74, 6) is -0.0625. The van der Waals surface area contributed by atoms with E-state index in [-0.39, 0.29) is 31.6 Å². The minimum atomic E-state index is -0.125. The Labute approximate surface area is 238 Å². The minimum Gasteiger partial charge on any atom is -0.512 e. The first-order valence-corrected chi connectivity index (χ1v) is 12.7. The average Bonchev–Trinajstić information content (AvgIpc) is 3.44. The molecule has 0 aliphatic carbocycles. The monoisotopic (exact) mass is 698 g/mol. The Balaban J connectivity index is 0.000000375. The number of hydrogen-bond donors (Lipinski definition) is 1. The molecule has 0 unspecified atom stereocenters. The predicted octanol–water partition coefficient (Wildman–Crippen LogP) is 8.38. The third-order valence-electron chi connectivity index (χ3n) is 5.83. The Bertz CT molecular complexity index is 1800. The summed E-state index contributed by atoms with van der Waals surface area (Å²) in [6.45, 7) is 6.92. The number of thiophene rings is 1. The number of allylic oxidation sites excluding steroid dienone is 2. The van der Waals surface area contributed by atoms with Gasteiger partial charge < -0.3 is 9.52 Å². The topological polar surface area (TPSA) is 76.2 Å². The summed E-state index contributed by atoms with van der Waals surface area (Å²) in [5, 5.41) is 11.6. The number of aliphatic hydroxyl groups excluding tert-OH is 1. The first kappa shape index (κ1) is 27.4. The summed E-state index contributed by atoms with van der Waals surface area (Å²) in [6.07, 6.45) is 1.17. The molecule has 1 N–H and O–H groups in total. The van der Waals surface area contributed by atoms with Gasteiger partial charge in [0.1, 0.15) is 4.83 Å². The summed E-state index contributed by atoms with van der Waals surface area (Å²) in [6, 6.07) is 26.4. The number of carbonyl (C=O) groups is 1. The molecule has 0 bridgehead atoms. The van der Waals surface area contributed by atoms with Gasteiger partial charge in [-0.25, -0.2) is 4.98 Å². The second kappa shape index (κ2) is 11.4. The molecule has 6 aromatic rings. The van der Waals surface area contributed by atoms with Gasteiger partial charge in [0.15, 0.2) is 5.78 Å². The quantitative estimate of drug-likeness (QED) is 0.114. The molecule has 0 atom stereocenters. The number of fused-ring (bicyclic) bond motifs is 4. The van der Waals surface area contributed by atoms with Crippen LogP contribution in [0.2, 0.25) is 0 Å². The third kappa shape index (κ3) is 5.76. The van der Waals surface area contributed by atoms with E-state index >= 15 is 0 Å². The van der Waals surface area contributed by atoms with E-state index in [4.69, 9.17) is 14.5 Å². The molecule has 0 fully saturated rings. The molecule has 4 aromatic heterocycles. The molecule has 5 nitrogen and oxygen atoms in total. The molecule has 0 aliphatic rings. The molecule has 4 heterocycles. The van der Waals surface area contributed by atoms with Crippen LogP contribution in [0.15, 0.2) is 83.0 Å². The van der Waals surface area contributed by atoms with Gasteiger partial charge in [-0.1, -0.05) is 52.9 Å². The fourth-order valence-electron chi connectivity index (χ4n) is 4.12. The Hall–Kier alpha value is -3.64. The van der Waals surface area contributed by atoms with E-state index in [1.807, 2.05) is 31.2 Å². The summed E-state index contributed by atoms with van der Waals surface area (Å²) in [7, 11) is 0. The van der Waals surface area contributed by atoms with Crippen LogP contribution in [0.4, 0.5) is 0 Å². The first-order chi connectivity index (χ1) is 17.8. The van der Waals surface area contributed by atoms with Crippen LogP contribution in [-0.2, 0) is 24.9 Å². The van der Waals surface area contributed by atoms with Gasteiger partial charge in [-0.3, -0.25) is 9.78 Å². The van der Waals surface area contributed by atoms with E-state index in [0.29, 0.717) is 5.71 Å². The second-order valence-corrected chi connectivity index (χ2v) is 10.00. The van der Waals surface area contributed by atoms with Crippen molar-refractivity contribution in [2.24, 2.45) is 0 Å². The maximum Gasteiger partial charge on any atom is 0.216 e. The zero-order valence-corrected chi connectivity index (χ0v) is 24.5. The van der Waals surface area contributed by atoms with Gasteiger partial charge >= 0.3 is 0 Å². The van der Waals surface area contributed by atoms with Crippen LogP contribution in [0.1, 0.15) is 25.1 Å². The van der Waals surface area contributed by atoms with Crippen molar-refractivity contribution in [3.63, 3.8) is 0 Å². The SMILES string of the molecule is CC(=O)/C=C(/C)O.Cc1ccc(-c2cc3ccc(-c4[c-]ccc5c4oc4nc(C)ccc45)nc3s2)cc1.[Ir]. The van der Waals surface area contributed by atoms with Crippen LogP contribution in [0.25, 0.3) is 54.0 Å². The summed E-state index contributed by atoms with van der Waals surface area (Å²) < 4.78 is 6.14. The molecule has 0 spiro atoms. The van der Waals surface area contributed by atoms with E-state index in [1.54, 1.807) is 11.3 Å². The molecular formula is C31H25IrN2O3S-. The molecule has 2 aromatic carbocycles. The summed E-state index contributed by atoms with van der Waals surface area (Å²) in [5.41, 5.74) is 6.60. The van der Waals surface area contributed by atoms with E-state index in [0.717, 1.165) is 43.5 Å². The third-order valence-corrected chi connectivity index (χ3v) is 6.92. The number of ketones is 1. The standard InChI is InChI=1S/C26H17N2OS.C5H8O2.Ir/c1-15-6-9-17(10-7-15)23-14-18-11-13-22(28-26(18)30-23)21-5-3-4-19-20-12-8-16(2)27-25(20)29-24(19)21;1-4(6)3-5(2)7;/h3-4,6-14H,1-2H3;3,6H,1-2H3;/q-1;;/b;4-3-;. The van der Waals surface area contributed by atoms with E-state index in [2.05, 4.69) is 60.4 Å². The van der Waals surface area contributed by atoms with Crippen molar-refractivity contribution in [2.45, 2.75) is 27.7 Å². The van der Waals surface area contributed by atoms with E-state index in [1.165, 1.54) is 35.9 Å². The Morgan fingerprint density at radius 1 is 0.974 bits per heavy atom. The van der Waals surface area contributed by atoms with Crippen molar-refractivity contribution in [3.05, 3.63) is 95.9 Å². The number of hydrogen-bond acceptors (Lipinski definition) is 6. The summed E-state index contributed by atoms with van der Waals surface area (Å²) >= 11 is 1.71. The Morgan fingerprint density at radius 2 is 1.74 bits per heavy atom. The molecule has 0 aliphatic heterocycles. The fourth-order valence-corrected chi connectivity index (χ4v) is 5.15. The van der Waals surface area contributed by atoms with Gasteiger partial charge in [0.2, 0.25) is 5.71 Å². The van der Waals surface area contributed by atoms with Crippen LogP contribution in [0, 0.1) is 19.9 Å². The molecule has 6 rings (SSSR count). The predicted molar refractivity (Wildman–Crippen MR) is 151 cm³/mol. The van der Waals surface area contributed by atoms with Gasteiger partial charge in [-0.05, 0) is 57.2 Å². The Morgan fingerprint density at radius 3 is 2.42 bits per heavy atom. The molecule has 0 amide bonds. The normalized spacial score (nSPS) is 11.3. The van der Waals surface area contributed by atoms with Gasteiger partial charge in [-0.2, -0.15) is 0 Å². The van der Waals surface area contributed by atoms with Crippen molar-refractivity contribution in [3.8, 4) is 21.7 Å². The van der Waals surface area contributed by atoms with Crippen molar-refractivity contribution in [2.75, 3.05) is 0 Å². The minimum absolute atomic E-state index is 0. The van der Waals surface area contributed by atoms with Crippen LogP contribution in [0.3, 0.4) is 0 Å². The van der Waals surface area contributed by atoms with Gasteiger partial charge in [0, 0.05) is 47.5 Å². The maximum absolute atomic E-state index is 10.0. The largest absolute Gasteiger partial charge is 0.512 e. The number of pyridine rings is 2. The van der Waals surface area contributed by atoms with E-state index in [9.17, 15) is 4.79 Å². The Kier molecular flexibility index (Phi) is 8.22. The van der Waals surface area contributed by atoms with Crippen LogP contribution in [0.5, 0.6) is 0 Å². The van der Waals surface area contributed by atoms with Crippen molar-refractivity contribution in [1.29, 1.82) is 0 Å². The number of carbonyl (C=O) groups excluding carboxylic acids is 1. The van der Waals surface area contributed by atoms with Crippen LogP contribution in [-0.4, -0.2) is 20.9 Å². The number of aryl methyl sites for hydroxylation is 2. The van der Waals surface area contributed by atoms with Crippen molar-refractivity contribution >= 4 is 49.4 Å². The molecule has 0 saturated heterocycles. The van der Waals surface area contributed by atoms with Crippen molar-refractivity contribution in [1.82, 2.24) is 9.97 Å². The molecular weight excluding hydrogens is 673 g/mol. The fraction of sp³-hybridized carbons (Fsp3) is 0.129. The number of rotatable bonds is 3. The zero-order valence-electron chi connectivity index (χ0n) is 21.3. The van der Waals surface area contributed by atoms with Gasteiger partial charge in [-0.15, -0.1) is 29.5 Å². The number of aliphatic hydroxyl groups is 1. The van der Waals surface area contributed by atoms with E-state index < -0.39 is 0 Å². The maximum atomic E-state index is 10.0. The number of benzene rings is 2. The first-order valence-electron chi connectivity index (χ1n) is 11.8. The smallest absolute Gasteiger partial charge is 0.216 e. The molecule has 0 saturated carbocycles. The van der Waals surface area contributed by atoms with Crippen molar-refractivity contribution < 1.29 is 34.4 Å². The van der Waals surface area contributed by atoms with Gasteiger partial charge in [0.25, 0.3) is 0 Å². The molecule has 38 heavy (non-hydrogen) atoms. The molecule has 193 valence electrons. The molecule has 7 heteroatoms. The zero-order chi connectivity index (χ0) is 26.1. The van der Waals surface area contributed by atoms with Crippen LogP contribution < -0.4 is 0 Å². The summed E-state index contributed by atoms with van der Waals surface area (Å²) in [4.78, 5) is 21.7. The number of aromatic nitrogens is 2. The number of nitrogens with zero attached hydrogens (tertiary/aromatic N) is 2. The van der Waals surface area contributed by atoms with Gasteiger partial charge in [0.05, 0.1) is 11.3 Å². The molecule has 1 radical (unpaired) electrons. The number of furan rings is 1. The second-order valence-electron chi connectivity index (χ2n) is 8.97. The van der Waals surface area contributed by atoms with Crippen LogP contribution >= 0.6 is 11.3 Å². The average molecular weight is 698 g/mol.